The van der Waals surface area contributed by atoms with Crippen molar-refractivity contribution in [3.8, 4) is 11.5 Å². The molecule has 2 aromatic carbocycles. The molecular weight excluding hydrogens is 434 g/mol. The zero-order chi connectivity index (χ0) is 21.2. The Balaban J connectivity index is 1.23. The summed E-state index contributed by atoms with van der Waals surface area (Å²) in [6.07, 6.45) is 0.476. The quantitative estimate of drug-likeness (QED) is 0.529. The molecule has 0 aliphatic carbocycles. The van der Waals surface area contributed by atoms with Crippen molar-refractivity contribution in [2.45, 2.75) is 34.8 Å². The number of ether oxygens (including phenoxy) is 2. The number of thioether (sulfide) groups is 2. The fraction of sp³-hybridized carbons (Fsp3) is 0.318. The second kappa shape index (κ2) is 8.84. The molecule has 7 nitrogen and oxygen atoms in total. The first kappa shape index (κ1) is 20.3. The third-order valence-corrected chi connectivity index (χ3v) is 7.11. The van der Waals surface area contributed by atoms with E-state index in [4.69, 9.17) is 13.9 Å². The van der Waals surface area contributed by atoms with Gasteiger partial charge >= 0.3 is 0 Å². The molecule has 2 unspecified atom stereocenters. The van der Waals surface area contributed by atoms with E-state index in [-0.39, 0.29) is 11.7 Å². The summed E-state index contributed by atoms with van der Waals surface area (Å²) in [5.74, 6) is 1.93. The van der Waals surface area contributed by atoms with Gasteiger partial charge in [0.15, 0.2) is 11.5 Å². The van der Waals surface area contributed by atoms with Gasteiger partial charge in [-0.2, -0.15) is 0 Å². The van der Waals surface area contributed by atoms with E-state index >= 15 is 0 Å². The van der Waals surface area contributed by atoms with Gasteiger partial charge in [-0.05, 0) is 30.7 Å². The van der Waals surface area contributed by atoms with Crippen LogP contribution in [0.3, 0.4) is 0 Å². The number of hydrogen-bond donors (Lipinski definition) is 0. The van der Waals surface area contributed by atoms with Gasteiger partial charge in [0.1, 0.15) is 6.61 Å². The van der Waals surface area contributed by atoms with Crippen molar-refractivity contribution < 1.29 is 18.7 Å². The molecule has 3 heterocycles. The Morgan fingerprint density at radius 2 is 1.97 bits per heavy atom. The van der Waals surface area contributed by atoms with Crippen LogP contribution >= 0.6 is 23.5 Å². The van der Waals surface area contributed by atoms with Crippen LogP contribution in [0.4, 0.5) is 5.69 Å². The Morgan fingerprint density at radius 1 is 1.16 bits per heavy atom. The number of nitrogens with zero attached hydrogens (tertiary/aromatic N) is 3. The monoisotopic (exact) mass is 455 g/mol. The molecule has 0 N–H and O–H groups in total. The highest BCUT2D eigenvalue weighted by Gasteiger charge is 2.28. The van der Waals surface area contributed by atoms with Gasteiger partial charge in [-0.15, -0.1) is 22.0 Å². The van der Waals surface area contributed by atoms with E-state index in [9.17, 15) is 4.79 Å². The third-order valence-electron chi connectivity index (χ3n) is 5.07. The molecule has 5 rings (SSSR count). The molecular formula is C22H21N3O4S2. The van der Waals surface area contributed by atoms with Gasteiger partial charge in [-0.3, -0.25) is 4.79 Å². The number of benzene rings is 2. The van der Waals surface area contributed by atoms with Crippen molar-refractivity contribution in [3.63, 3.8) is 0 Å². The Bertz CT molecular complexity index is 1090. The van der Waals surface area contributed by atoms with Gasteiger partial charge in [0.05, 0.1) is 11.4 Å². The minimum Gasteiger partial charge on any atom is -0.485 e. The summed E-state index contributed by atoms with van der Waals surface area (Å²) in [6, 6.07) is 15.5. The number of para-hydroxylation sites is 3. The molecule has 160 valence electrons. The molecule has 2 atom stereocenters. The van der Waals surface area contributed by atoms with Gasteiger partial charge in [-0.25, -0.2) is 0 Å². The largest absolute Gasteiger partial charge is 0.485 e. The lowest BCUT2D eigenvalue weighted by atomic mass is 10.2. The first-order chi connectivity index (χ1) is 15.2. The Morgan fingerprint density at radius 3 is 2.87 bits per heavy atom. The molecule has 3 aromatic rings. The van der Waals surface area contributed by atoms with Crippen molar-refractivity contribution >= 4 is 35.1 Å². The molecule has 9 heteroatoms. The molecule has 0 bridgehead atoms. The maximum atomic E-state index is 13.0. The van der Waals surface area contributed by atoms with Crippen molar-refractivity contribution in [1.82, 2.24) is 10.2 Å². The van der Waals surface area contributed by atoms with Gasteiger partial charge in [0.25, 0.3) is 11.1 Å². The fourth-order valence-corrected chi connectivity index (χ4v) is 5.26. The second-order valence-electron chi connectivity index (χ2n) is 7.29. The summed E-state index contributed by atoms with van der Waals surface area (Å²) in [5, 5.41) is 8.98. The van der Waals surface area contributed by atoms with Crippen LogP contribution in [0.15, 0.2) is 63.1 Å². The first-order valence-corrected chi connectivity index (χ1v) is 11.9. The lowest BCUT2D eigenvalue weighted by Gasteiger charge is -2.23. The van der Waals surface area contributed by atoms with Crippen LogP contribution in [0, 0.1) is 0 Å². The van der Waals surface area contributed by atoms with Gasteiger partial charge < -0.3 is 18.8 Å². The summed E-state index contributed by atoms with van der Waals surface area (Å²) in [5.41, 5.74) is 0.972. The molecule has 1 aromatic heterocycles. The lowest BCUT2D eigenvalue weighted by molar-refractivity contribution is -0.116. The Hall–Kier alpha value is -2.65. The molecule has 0 radical (unpaired) electrons. The molecule has 2 aliphatic rings. The van der Waals surface area contributed by atoms with Crippen LogP contribution in [-0.4, -0.2) is 40.3 Å². The van der Waals surface area contributed by atoms with Gasteiger partial charge in [0, 0.05) is 16.7 Å². The van der Waals surface area contributed by atoms with Crippen LogP contribution in [0.25, 0.3) is 0 Å². The number of carbonyl (C=O) groups is 1. The summed E-state index contributed by atoms with van der Waals surface area (Å²) in [6.45, 7) is 3.19. The molecule has 0 saturated heterocycles. The summed E-state index contributed by atoms with van der Waals surface area (Å²) < 4.78 is 17.4. The Kier molecular flexibility index (Phi) is 5.78. The molecule has 2 aliphatic heterocycles. The maximum absolute atomic E-state index is 13.0. The highest BCUT2D eigenvalue weighted by Crippen LogP contribution is 2.38. The number of fused-ring (bicyclic) bond motifs is 2. The van der Waals surface area contributed by atoms with E-state index in [1.54, 1.807) is 0 Å². The highest BCUT2D eigenvalue weighted by molar-refractivity contribution is 8.00. The van der Waals surface area contributed by atoms with Crippen molar-refractivity contribution in [1.29, 1.82) is 0 Å². The average Bonchev–Trinajstić information content (AvgIpc) is 3.20. The zero-order valence-electron chi connectivity index (χ0n) is 16.9. The minimum absolute atomic E-state index is 0.0260. The van der Waals surface area contributed by atoms with Crippen LogP contribution < -0.4 is 14.4 Å². The molecule has 0 fully saturated rings. The van der Waals surface area contributed by atoms with Crippen molar-refractivity contribution in [2.24, 2.45) is 0 Å². The average molecular weight is 456 g/mol. The van der Waals surface area contributed by atoms with Gasteiger partial charge in [-0.1, -0.05) is 43.0 Å². The standard InChI is InChI=1S/C22H21N3O4S2/c1-14-10-11-25(15-6-2-5-9-19(15)31-14)20(26)13-30-22-24-23-21(29-22)18-12-27-16-7-3-4-8-17(16)28-18/h2-9,14,18H,10-13H2,1H3. The predicted octanol–water partition coefficient (Wildman–Crippen LogP) is 4.59. The molecule has 31 heavy (non-hydrogen) atoms. The SMILES string of the molecule is CC1CCN(C(=O)CSc2nnc(C3COc4ccccc4O3)o2)c2ccccc2S1. The predicted molar refractivity (Wildman–Crippen MR) is 119 cm³/mol. The van der Waals surface area contributed by atoms with E-state index in [1.165, 1.54) is 11.8 Å². The van der Waals surface area contributed by atoms with Gasteiger partial charge in [0.2, 0.25) is 12.0 Å². The van der Waals surface area contributed by atoms with E-state index in [0.717, 1.165) is 17.0 Å². The normalized spacial score (nSPS) is 20.1. The van der Waals surface area contributed by atoms with E-state index < -0.39 is 6.10 Å². The smallest absolute Gasteiger partial charge is 0.277 e. The summed E-state index contributed by atoms with van der Waals surface area (Å²) >= 11 is 3.06. The van der Waals surface area contributed by atoms with E-state index in [2.05, 4.69) is 23.2 Å². The summed E-state index contributed by atoms with van der Waals surface area (Å²) in [7, 11) is 0. The van der Waals surface area contributed by atoms with E-state index in [0.29, 0.717) is 41.0 Å². The molecule has 0 spiro atoms. The zero-order valence-corrected chi connectivity index (χ0v) is 18.5. The number of anilines is 1. The van der Waals surface area contributed by atoms with Crippen molar-refractivity contribution in [2.75, 3.05) is 23.8 Å². The molecule has 0 saturated carbocycles. The van der Waals surface area contributed by atoms with Crippen LogP contribution in [0.5, 0.6) is 11.5 Å². The fourth-order valence-electron chi connectivity index (χ4n) is 3.50. The van der Waals surface area contributed by atoms with Crippen LogP contribution in [-0.2, 0) is 4.79 Å². The second-order valence-corrected chi connectivity index (χ2v) is 9.70. The van der Waals surface area contributed by atoms with Crippen LogP contribution in [0.2, 0.25) is 0 Å². The topological polar surface area (TPSA) is 77.7 Å². The van der Waals surface area contributed by atoms with Crippen molar-refractivity contribution in [3.05, 3.63) is 54.4 Å². The highest BCUT2D eigenvalue weighted by atomic mass is 32.2. The number of carbonyl (C=O) groups excluding carboxylic acids is 1. The van der Waals surface area contributed by atoms with E-state index in [1.807, 2.05) is 59.1 Å². The number of aromatic nitrogens is 2. The first-order valence-electron chi connectivity index (χ1n) is 10.1. The number of rotatable bonds is 4. The third kappa shape index (κ3) is 4.38. The maximum Gasteiger partial charge on any atom is 0.277 e. The Labute approximate surface area is 188 Å². The minimum atomic E-state index is -0.469. The molecule has 1 amide bonds. The van der Waals surface area contributed by atoms with Crippen LogP contribution in [0.1, 0.15) is 25.3 Å². The lowest BCUT2D eigenvalue weighted by Crippen LogP contribution is -2.33. The number of hydrogen-bond acceptors (Lipinski definition) is 8. The number of amides is 1. The summed E-state index contributed by atoms with van der Waals surface area (Å²) in [4.78, 5) is 16.0.